The molecule has 6 heteroatoms. The molecule has 6 nitrogen and oxygen atoms in total. The molecule has 0 amide bonds. The molecule has 0 heterocycles. The van der Waals surface area contributed by atoms with Crippen LogP contribution in [-0.2, 0) is 19.1 Å². The fourth-order valence-corrected chi connectivity index (χ4v) is 5.57. The number of ether oxygens (including phenoxy) is 2. The minimum absolute atomic E-state index is 0.113. The van der Waals surface area contributed by atoms with Crippen LogP contribution in [0.5, 0.6) is 0 Å². The molecule has 46 heavy (non-hydrogen) atoms. The average molecular weight is 654 g/mol. The van der Waals surface area contributed by atoms with Crippen LogP contribution in [-0.4, -0.2) is 68.3 Å². The average Bonchev–Trinajstić information content (AvgIpc) is 3.06. The molecule has 0 aliphatic heterocycles. The summed E-state index contributed by atoms with van der Waals surface area (Å²) >= 11 is 0. The van der Waals surface area contributed by atoms with Gasteiger partial charge in [-0.05, 0) is 64.5 Å². The number of aliphatic hydroxyl groups excluding tert-OH is 1. The Bertz CT molecular complexity index is 627. The summed E-state index contributed by atoms with van der Waals surface area (Å²) in [6.07, 6.45) is 36.0. The molecule has 0 spiro atoms. The van der Waals surface area contributed by atoms with Gasteiger partial charge in [-0.25, -0.2) is 0 Å². The largest absolute Gasteiger partial charge is 0.465 e. The van der Waals surface area contributed by atoms with Crippen LogP contribution < -0.4 is 0 Å². The van der Waals surface area contributed by atoms with Crippen LogP contribution in [0.2, 0.25) is 0 Å². The number of hydrogen-bond acceptors (Lipinski definition) is 6. The Morgan fingerprint density at radius 2 is 1.13 bits per heavy atom. The Morgan fingerprint density at radius 1 is 0.630 bits per heavy atom. The van der Waals surface area contributed by atoms with E-state index >= 15 is 0 Å². The summed E-state index contributed by atoms with van der Waals surface area (Å²) in [5.41, 5.74) is 0. The van der Waals surface area contributed by atoms with Gasteiger partial charge in [-0.2, -0.15) is 0 Å². The van der Waals surface area contributed by atoms with Crippen LogP contribution >= 0.6 is 0 Å². The number of aldehydes is 1. The van der Waals surface area contributed by atoms with Gasteiger partial charge in [0.25, 0.3) is 0 Å². The molecule has 1 unspecified atom stereocenters. The van der Waals surface area contributed by atoms with Crippen LogP contribution in [0.15, 0.2) is 12.2 Å². The number of allylic oxidation sites excluding steroid dienone is 1. The van der Waals surface area contributed by atoms with E-state index in [4.69, 9.17) is 9.47 Å². The molecule has 0 aromatic carbocycles. The van der Waals surface area contributed by atoms with Crippen molar-refractivity contribution in [1.29, 1.82) is 0 Å². The van der Waals surface area contributed by atoms with Crippen LogP contribution in [0.1, 0.15) is 188 Å². The fourth-order valence-electron chi connectivity index (χ4n) is 5.57. The van der Waals surface area contributed by atoms with Gasteiger partial charge in [-0.1, -0.05) is 136 Å². The maximum absolute atomic E-state index is 11.7. The highest BCUT2D eigenvalue weighted by Crippen LogP contribution is 2.14. The predicted octanol–water partition coefficient (Wildman–Crippen LogP) is 10.8. The molecule has 0 bridgehead atoms. The van der Waals surface area contributed by atoms with E-state index < -0.39 is 0 Å². The smallest absolute Gasteiger partial charge is 0.309 e. The van der Waals surface area contributed by atoms with Crippen LogP contribution in [0.4, 0.5) is 0 Å². The minimum atomic E-state index is -0.113. The molecule has 1 N–H and O–H groups in total. The zero-order valence-corrected chi connectivity index (χ0v) is 31.3. The molecular weight excluding hydrogens is 574 g/mol. The number of methoxy groups -OCH3 is 1. The number of nitrogens with zero attached hydrogens (tertiary/aromatic N) is 1. The second-order valence-corrected chi connectivity index (χ2v) is 13.0. The minimum Gasteiger partial charge on any atom is -0.465 e. The van der Waals surface area contributed by atoms with Gasteiger partial charge >= 0.3 is 5.97 Å². The monoisotopic (exact) mass is 654 g/mol. The highest BCUT2D eigenvalue weighted by atomic mass is 16.5. The van der Waals surface area contributed by atoms with Gasteiger partial charge in [0.1, 0.15) is 6.29 Å². The predicted molar refractivity (Wildman–Crippen MR) is 198 cm³/mol. The lowest BCUT2D eigenvalue weighted by Gasteiger charge is -2.21. The van der Waals surface area contributed by atoms with Crippen molar-refractivity contribution in [3.8, 4) is 0 Å². The zero-order valence-electron chi connectivity index (χ0n) is 31.3. The first kappa shape index (κ1) is 46.9. The molecular formula is C40H79NO5. The van der Waals surface area contributed by atoms with Crippen LogP contribution in [0.25, 0.3) is 0 Å². The molecule has 0 aliphatic carbocycles. The molecule has 0 saturated heterocycles. The van der Waals surface area contributed by atoms with E-state index in [1.165, 1.54) is 116 Å². The lowest BCUT2D eigenvalue weighted by molar-refractivity contribution is -0.142. The third-order valence-electron chi connectivity index (χ3n) is 8.61. The fraction of sp³-hybridized carbons (Fsp3) is 0.900. The van der Waals surface area contributed by atoms with E-state index in [9.17, 15) is 14.7 Å². The molecule has 0 saturated carbocycles. The first-order chi connectivity index (χ1) is 22.6. The van der Waals surface area contributed by atoms with E-state index in [2.05, 4.69) is 31.7 Å². The number of carbonyl (C=O) groups is 2. The molecule has 0 fully saturated rings. The molecule has 274 valence electrons. The summed E-state index contributed by atoms with van der Waals surface area (Å²) in [6.45, 7) is 10.3. The number of hydrogen-bond donors (Lipinski definition) is 1. The first-order valence-corrected chi connectivity index (χ1v) is 19.7. The van der Waals surface area contributed by atoms with Crippen LogP contribution in [0, 0.1) is 0 Å². The second-order valence-electron chi connectivity index (χ2n) is 13.0. The van der Waals surface area contributed by atoms with Gasteiger partial charge in [-0.3, -0.25) is 4.79 Å². The lowest BCUT2D eigenvalue weighted by atomic mass is 10.0. The van der Waals surface area contributed by atoms with Crippen molar-refractivity contribution in [2.24, 2.45) is 0 Å². The molecule has 1 atom stereocenters. The summed E-state index contributed by atoms with van der Waals surface area (Å²) in [6, 6.07) is 0. The topological polar surface area (TPSA) is 76.1 Å². The van der Waals surface area contributed by atoms with E-state index in [1.807, 2.05) is 13.2 Å². The highest BCUT2D eigenvalue weighted by Gasteiger charge is 2.06. The first-order valence-electron chi connectivity index (χ1n) is 19.7. The second kappa shape index (κ2) is 41.8. The van der Waals surface area contributed by atoms with Crippen molar-refractivity contribution in [2.75, 3.05) is 40.0 Å². The van der Waals surface area contributed by atoms with Crippen molar-refractivity contribution >= 4 is 12.3 Å². The lowest BCUT2D eigenvalue weighted by Crippen LogP contribution is -2.29. The third kappa shape index (κ3) is 38.9. The molecule has 0 aromatic heterocycles. The van der Waals surface area contributed by atoms with Gasteiger partial charge < -0.3 is 24.3 Å². The quantitative estimate of drug-likeness (QED) is 0.0317. The van der Waals surface area contributed by atoms with Gasteiger partial charge in [0.2, 0.25) is 0 Å². The number of unbranched alkanes of at least 4 members (excludes halogenated alkanes) is 18. The summed E-state index contributed by atoms with van der Waals surface area (Å²) in [5, 5.41) is 9.27. The number of esters is 1. The molecule has 0 aromatic rings. The number of aliphatic hydroxyl groups is 1. The number of rotatable bonds is 35. The maximum Gasteiger partial charge on any atom is 0.309 e. The van der Waals surface area contributed by atoms with Crippen LogP contribution in [0.3, 0.4) is 0 Å². The van der Waals surface area contributed by atoms with Crippen molar-refractivity contribution in [2.45, 2.75) is 194 Å². The van der Waals surface area contributed by atoms with E-state index in [-0.39, 0.29) is 12.6 Å². The van der Waals surface area contributed by atoms with Crippen molar-refractivity contribution in [3.63, 3.8) is 0 Å². The summed E-state index contributed by atoms with van der Waals surface area (Å²) in [7, 11) is 1.86. The SMILES string of the molecule is CCCCCC/C=C\CC(=O)OCCCCCCCN(CCO)CCCCCCCC=O.CCCCCCC(CCCCC)OC. The Morgan fingerprint density at radius 3 is 1.72 bits per heavy atom. The summed E-state index contributed by atoms with van der Waals surface area (Å²) in [5.74, 6) is -0.113. The molecule has 0 rings (SSSR count). The molecule has 0 radical (unpaired) electrons. The Hall–Kier alpha value is -1.24. The van der Waals surface area contributed by atoms with E-state index in [0.717, 1.165) is 64.4 Å². The zero-order chi connectivity index (χ0) is 34.2. The normalized spacial score (nSPS) is 12.0. The van der Waals surface area contributed by atoms with Gasteiger partial charge in [0, 0.05) is 20.1 Å². The standard InChI is InChI=1S/C27H51NO4.C13H28O/c1-2-3-4-5-6-10-15-20-27(31)32-26-19-14-9-12-17-22-28(23-25-30)21-16-11-7-8-13-18-24-29;1-4-6-8-10-12-13(14-3)11-9-7-5-2/h10,15,24,30H,2-9,11-14,16-23,25-26H2,1H3;13H,4-12H2,1-3H3/b15-10-;. The van der Waals surface area contributed by atoms with Gasteiger partial charge in [0.15, 0.2) is 0 Å². The van der Waals surface area contributed by atoms with Gasteiger partial charge in [-0.15, -0.1) is 0 Å². The highest BCUT2D eigenvalue weighted by molar-refractivity contribution is 5.71. The van der Waals surface area contributed by atoms with Gasteiger partial charge in [0.05, 0.1) is 25.7 Å². The Labute approximate surface area is 286 Å². The van der Waals surface area contributed by atoms with Crippen molar-refractivity contribution < 1.29 is 24.2 Å². The molecule has 0 aliphatic rings. The summed E-state index contributed by atoms with van der Waals surface area (Å²) < 4.78 is 10.8. The summed E-state index contributed by atoms with van der Waals surface area (Å²) in [4.78, 5) is 24.4. The van der Waals surface area contributed by atoms with Crippen molar-refractivity contribution in [1.82, 2.24) is 4.90 Å². The third-order valence-corrected chi connectivity index (χ3v) is 8.61. The van der Waals surface area contributed by atoms with Crippen molar-refractivity contribution in [3.05, 3.63) is 12.2 Å². The Kier molecular flexibility index (Phi) is 42.6. The van der Waals surface area contributed by atoms with E-state index in [1.54, 1.807) is 0 Å². The Balaban J connectivity index is 0. The van der Waals surface area contributed by atoms with E-state index in [0.29, 0.717) is 25.6 Å². The maximum atomic E-state index is 11.7. The number of carbonyl (C=O) groups excluding carboxylic acids is 2.